The first-order valence-electron chi connectivity index (χ1n) is 8.27. The van der Waals surface area contributed by atoms with E-state index in [0.29, 0.717) is 31.7 Å². The van der Waals surface area contributed by atoms with Gasteiger partial charge in [-0.1, -0.05) is 0 Å². The molecule has 1 saturated carbocycles. The molecule has 2 rings (SSSR count). The Morgan fingerprint density at radius 3 is 2.32 bits per heavy atom. The van der Waals surface area contributed by atoms with Gasteiger partial charge >= 0.3 is 13.1 Å². The van der Waals surface area contributed by atoms with Gasteiger partial charge in [-0.05, 0) is 51.0 Å². The molecular formula is C15H26BNO5. The van der Waals surface area contributed by atoms with E-state index in [1.54, 1.807) is 0 Å². The number of Topliss-reactive ketones (excluding diaryl/α,β-unsaturated/α-hetero) is 1. The molecule has 6 nitrogen and oxygen atoms in total. The minimum Gasteiger partial charge on any atom is -0.481 e. The fraction of sp³-hybridized carbons (Fsp3) is 0.867. The standard InChI is InChI=1S/C15H26BNO5/c17-9-10-1-3-11(4-2-10)14(18)7-12-5-6-13(8-15(19)20)22-16(12)21/h10-13,21H,1-9,17H2,(H,19,20)/t10?,11?,12-,13+/m1/s1. The second kappa shape index (κ2) is 8.08. The first-order chi connectivity index (χ1) is 10.5. The molecule has 4 N–H and O–H groups in total. The maximum atomic E-state index is 12.4. The summed E-state index contributed by atoms with van der Waals surface area (Å²) in [7, 11) is -1.03. The van der Waals surface area contributed by atoms with Crippen LogP contribution in [-0.2, 0) is 14.2 Å². The third kappa shape index (κ3) is 4.79. The van der Waals surface area contributed by atoms with Crippen LogP contribution in [0.2, 0.25) is 5.82 Å². The van der Waals surface area contributed by atoms with Crippen molar-refractivity contribution in [2.45, 2.75) is 63.3 Å². The maximum Gasteiger partial charge on any atom is 0.458 e. The maximum absolute atomic E-state index is 12.4. The van der Waals surface area contributed by atoms with Crippen molar-refractivity contribution in [2.24, 2.45) is 17.6 Å². The van der Waals surface area contributed by atoms with Crippen LogP contribution in [0, 0.1) is 11.8 Å². The summed E-state index contributed by atoms with van der Waals surface area (Å²) in [5.41, 5.74) is 5.66. The van der Waals surface area contributed by atoms with Crippen molar-refractivity contribution in [3.05, 3.63) is 0 Å². The van der Waals surface area contributed by atoms with Gasteiger partial charge in [-0.3, -0.25) is 9.59 Å². The average Bonchev–Trinajstić information content (AvgIpc) is 2.49. The molecule has 22 heavy (non-hydrogen) atoms. The van der Waals surface area contributed by atoms with Crippen LogP contribution in [0.15, 0.2) is 0 Å². The monoisotopic (exact) mass is 311 g/mol. The van der Waals surface area contributed by atoms with Crippen LogP contribution in [0.5, 0.6) is 0 Å². The van der Waals surface area contributed by atoms with Crippen molar-refractivity contribution in [1.29, 1.82) is 0 Å². The van der Waals surface area contributed by atoms with E-state index in [1.807, 2.05) is 0 Å². The van der Waals surface area contributed by atoms with Gasteiger partial charge in [0.05, 0.1) is 12.5 Å². The molecule has 0 aromatic heterocycles. The van der Waals surface area contributed by atoms with Crippen molar-refractivity contribution in [2.75, 3.05) is 6.54 Å². The van der Waals surface area contributed by atoms with E-state index < -0.39 is 19.2 Å². The Balaban J connectivity index is 1.76. The van der Waals surface area contributed by atoms with Crippen molar-refractivity contribution in [3.63, 3.8) is 0 Å². The van der Waals surface area contributed by atoms with E-state index in [2.05, 4.69) is 0 Å². The van der Waals surface area contributed by atoms with Gasteiger partial charge in [-0.25, -0.2) is 0 Å². The number of carboxylic acid groups (broad SMARTS) is 1. The highest BCUT2D eigenvalue weighted by Crippen LogP contribution is 2.35. The van der Waals surface area contributed by atoms with Gasteiger partial charge in [0.15, 0.2) is 0 Å². The van der Waals surface area contributed by atoms with E-state index >= 15 is 0 Å². The summed E-state index contributed by atoms with van der Waals surface area (Å²) in [6.07, 6.45) is 4.83. The third-order valence-electron chi connectivity index (χ3n) is 5.10. The molecule has 1 aliphatic heterocycles. The molecule has 0 amide bonds. The molecule has 2 atom stereocenters. The van der Waals surface area contributed by atoms with E-state index in [4.69, 9.17) is 15.5 Å². The van der Waals surface area contributed by atoms with Crippen molar-refractivity contribution >= 4 is 18.9 Å². The fourth-order valence-corrected chi connectivity index (χ4v) is 3.61. The Hall–Kier alpha value is -0.915. The Bertz CT molecular complexity index is 397. The van der Waals surface area contributed by atoms with Crippen molar-refractivity contribution < 1.29 is 24.4 Å². The molecule has 2 aliphatic rings. The van der Waals surface area contributed by atoms with Crippen LogP contribution in [0.25, 0.3) is 0 Å². The number of hydrogen-bond acceptors (Lipinski definition) is 5. The van der Waals surface area contributed by atoms with Crippen LogP contribution in [0.1, 0.15) is 51.4 Å². The minimum absolute atomic E-state index is 0.0896. The van der Waals surface area contributed by atoms with E-state index in [-0.39, 0.29) is 23.9 Å². The Labute approximate surface area is 131 Å². The number of hydrogen-bond donors (Lipinski definition) is 3. The molecular weight excluding hydrogens is 285 g/mol. The molecule has 1 saturated heterocycles. The molecule has 2 fully saturated rings. The van der Waals surface area contributed by atoms with Crippen LogP contribution in [-0.4, -0.2) is 41.7 Å². The zero-order valence-electron chi connectivity index (χ0n) is 12.9. The second-order valence-corrected chi connectivity index (χ2v) is 6.71. The van der Waals surface area contributed by atoms with Gasteiger partial charge in [-0.15, -0.1) is 0 Å². The lowest BCUT2D eigenvalue weighted by Crippen LogP contribution is -2.38. The molecule has 1 aliphatic carbocycles. The number of carbonyl (C=O) groups excluding carboxylic acids is 1. The molecule has 0 aromatic carbocycles. The highest BCUT2D eigenvalue weighted by molar-refractivity contribution is 6.45. The Morgan fingerprint density at radius 1 is 1.09 bits per heavy atom. The van der Waals surface area contributed by atoms with E-state index in [1.165, 1.54) is 0 Å². The second-order valence-electron chi connectivity index (χ2n) is 6.71. The van der Waals surface area contributed by atoms with Gasteiger partial charge in [0.1, 0.15) is 5.78 Å². The summed E-state index contributed by atoms with van der Waals surface area (Å²) >= 11 is 0. The lowest BCUT2D eigenvalue weighted by molar-refractivity contribution is -0.139. The minimum atomic E-state index is -1.03. The number of rotatable bonds is 6. The van der Waals surface area contributed by atoms with Gasteiger partial charge in [-0.2, -0.15) is 0 Å². The van der Waals surface area contributed by atoms with E-state index in [9.17, 15) is 14.6 Å². The number of ketones is 1. The zero-order chi connectivity index (χ0) is 16.1. The summed E-state index contributed by atoms with van der Waals surface area (Å²) < 4.78 is 5.34. The summed E-state index contributed by atoms with van der Waals surface area (Å²) in [6, 6.07) is 0. The summed E-state index contributed by atoms with van der Waals surface area (Å²) in [5, 5.41) is 18.7. The first-order valence-corrected chi connectivity index (χ1v) is 8.27. The lowest BCUT2D eigenvalue weighted by Gasteiger charge is -2.32. The molecule has 0 spiro atoms. The topological polar surface area (TPSA) is 110 Å². The van der Waals surface area contributed by atoms with Gasteiger partial charge in [0.25, 0.3) is 0 Å². The predicted molar refractivity (Wildman–Crippen MR) is 82.2 cm³/mol. The average molecular weight is 311 g/mol. The van der Waals surface area contributed by atoms with Gasteiger partial charge < -0.3 is 20.5 Å². The summed E-state index contributed by atoms with van der Waals surface area (Å²) in [4.78, 5) is 23.0. The Kier molecular flexibility index (Phi) is 6.41. The number of carboxylic acids is 1. The molecule has 0 bridgehead atoms. The van der Waals surface area contributed by atoms with Crippen LogP contribution >= 0.6 is 0 Å². The normalized spacial score (nSPS) is 32.7. The number of nitrogens with two attached hydrogens (primary N) is 1. The van der Waals surface area contributed by atoms with E-state index in [0.717, 1.165) is 25.7 Å². The molecule has 124 valence electrons. The molecule has 0 radical (unpaired) electrons. The van der Waals surface area contributed by atoms with Gasteiger partial charge in [0.2, 0.25) is 0 Å². The SMILES string of the molecule is NCC1CCC(C(=O)C[C@H]2CC[C@@H](CC(=O)O)OB2O)CC1. The Morgan fingerprint density at radius 2 is 1.77 bits per heavy atom. The number of aliphatic carboxylic acids is 1. The largest absolute Gasteiger partial charge is 0.481 e. The molecule has 0 aromatic rings. The first kappa shape index (κ1) is 17.4. The molecule has 7 heteroatoms. The van der Waals surface area contributed by atoms with Crippen LogP contribution in [0.3, 0.4) is 0 Å². The highest BCUT2D eigenvalue weighted by atomic mass is 16.5. The van der Waals surface area contributed by atoms with Crippen molar-refractivity contribution in [3.8, 4) is 0 Å². The highest BCUT2D eigenvalue weighted by Gasteiger charge is 2.38. The summed E-state index contributed by atoms with van der Waals surface area (Å²) in [6.45, 7) is 0.695. The molecule has 1 heterocycles. The smallest absolute Gasteiger partial charge is 0.458 e. The fourth-order valence-electron chi connectivity index (χ4n) is 3.61. The zero-order valence-corrected chi connectivity index (χ0v) is 12.9. The lowest BCUT2D eigenvalue weighted by atomic mass is 9.63. The third-order valence-corrected chi connectivity index (χ3v) is 5.10. The predicted octanol–water partition coefficient (Wildman–Crippen LogP) is 1.22. The van der Waals surface area contributed by atoms with Gasteiger partial charge in [0, 0.05) is 18.2 Å². The van der Waals surface area contributed by atoms with Crippen LogP contribution in [0.4, 0.5) is 0 Å². The quantitative estimate of drug-likeness (QED) is 0.636. The van der Waals surface area contributed by atoms with Crippen molar-refractivity contribution in [1.82, 2.24) is 0 Å². The summed E-state index contributed by atoms with van der Waals surface area (Å²) in [5.74, 6) is -0.288. The van der Waals surface area contributed by atoms with Crippen LogP contribution < -0.4 is 5.73 Å². The number of carbonyl (C=O) groups is 2. The molecule has 0 unspecified atom stereocenters.